The Morgan fingerprint density at radius 1 is 1.67 bits per heavy atom. The minimum absolute atomic E-state index is 0.421. The van der Waals surface area contributed by atoms with E-state index in [-0.39, 0.29) is 0 Å². The topological polar surface area (TPSA) is 38.5 Å². The maximum atomic E-state index is 5.39. The van der Waals surface area contributed by atoms with Crippen molar-refractivity contribution in [1.82, 2.24) is 4.90 Å². The van der Waals surface area contributed by atoms with Crippen LogP contribution in [0.1, 0.15) is 13.3 Å². The third-order valence-electron chi connectivity index (χ3n) is 1.87. The van der Waals surface area contributed by atoms with Crippen molar-refractivity contribution in [2.24, 2.45) is 5.73 Å². The summed E-state index contributed by atoms with van der Waals surface area (Å²) in [6, 6.07) is 0.421. The first-order valence-corrected chi connectivity index (χ1v) is 4.46. The Bertz CT molecular complexity index is 141. The Labute approximate surface area is 79.9 Å². The van der Waals surface area contributed by atoms with Crippen molar-refractivity contribution >= 4 is 17.2 Å². The van der Waals surface area contributed by atoms with E-state index in [9.17, 15) is 0 Å². The van der Waals surface area contributed by atoms with Gasteiger partial charge >= 0.3 is 0 Å². The minimum Gasteiger partial charge on any atom is -0.393 e. The lowest BCUT2D eigenvalue weighted by Crippen LogP contribution is -2.34. The summed E-state index contributed by atoms with van der Waals surface area (Å²) >= 11 is 4.78. The molecular weight excluding hydrogens is 172 g/mol. The average molecular weight is 190 g/mol. The van der Waals surface area contributed by atoms with Gasteiger partial charge in [0, 0.05) is 26.1 Å². The van der Waals surface area contributed by atoms with E-state index in [2.05, 4.69) is 11.8 Å². The Morgan fingerprint density at radius 3 is 2.67 bits per heavy atom. The van der Waals surface area contributed by atoms with Crippen molar-refractivity contribution in [1.29, 1.82) is 0 Å². The standard InChI is InChI=1S/C8H18N2OS/c1-7(6-11-3)10(2)5-4-8(9)12/h7H,4-6H2,1-3H3,(H2,9,12). The van der Waals surface area contributed by atoms with Crippen LogP contribution in [0.3, 0.4) is 0 Å². The van der Waals surface area contributed by atoms with E-state index in [1.165, 1.54) is 0 Å². The zero-order valence-electron chi connectivity index (χ0n) is 8.04. The molecule has 0 spiro atoms. The first-order chi connectivity index (χ1) is 5.57. The number of ether oxygens (including phenoxy) is 1. The molecule has 0 aliphatic heterocycles. The summed E-state index contributed by atoms with van der Waals surface area (Å²) in [5.41, 5.74) is 5.39. The lowest BCUT2D eigenvalue weighted by molar-refractivity contribution is 0.117. The van der Waals surface area contributed by atoms with Gasteiger partial charge in [0.1, 0.15) is 0 Å². The molecule has 0 aromatic heterocycles. The molecule has 0 bridgehead atoms. The number of hydrogen-bond acceptors (Lipinski definition) is 3. The molecule has 72 valence electrons. The quantitative estimate of drug-likeness (QED) is 0.624. The number of nitrogens with zero attached hydrogens (tertiary/aromatic N) is 1. The molecule has 2 N–H and O–H groups in total. The van der Waals surface area contributed by atoms with Crippen LogP contribution >= 0.6 is 12.2 Å². The highest BCUT2D eigenvalue weighted by Crippen LogP contribution is 1.97. The van der Waals surface area contributed by atoms with Gasteiger partial charge in [0.05, 0.1) is 11.6 Å². The lowest BCUT2D eigenvalue weighted by atomic mass is 10.3. The maximum absolute atomic E-state index is 5.39. The zero-order valence-corrected chi connectivity index (χ0v) is 8.86. The fourth-order valence-electron chi connectivity index (χ4n) is 0.875. The summed E-state index contributed by atoms with van der Waals surface area (Å²) in [7, 11) is 3.75. The third kappa shape index (κ3) is 5.46. The van der Waals surface area contributed by atoms with Gasteiger partial charge in [0.15, 0.2) is 0 Å². The van der Waals surface area contributed by atoms with Gasteiger partial charge in [-0.2, -0.15) is 0 Å². The molecule has 0 aliphatic carbocycles. The first kappa shape index (κ1) is 11.8. The molecule has 0 saturated heterocycles. The van der Waals surface area contributed by atoms with E-state index in [0.29, 0.717) is 11.0 Å². The van der Waals surface area contributed by atoms with E-state index in [1.807, 2.05) is 7.05 Å². The largest absolute Gasteiger partial charge is 0.393 e. The van der Waals surface area contributed by atoms with Crippen LogP contribution in [0.25, 0.3) is 0 Å². The van der Waals surface area contributed by atoms with Gasteiger partial charge in [-0.05, 0) is 14.0 Å². The van der Waals surface area contributed by atoms with Crippen LogP contribution in [0.15, 0.2) is 0 Å². The summed E-state index contributed by atoms with van der Waals surface area (Å²) < 4.78 is 5.03. The zero-order chi connectivity index (χ0) is 9.56. The van der Waals surface area contributed by atoms with E-state index in [1.54, 1.807) is 7.11 Å². The number of methoxy groups -OCH3 is 1. The summed E-state index contributed by atoms with van der Waals surface area (Å²) in [4.78, 5) is 2.76. The van der Waals surface area contributed by atoms with Gasteiger partial charge < -0.3 is 15.4 Å². The SMILES string of the molecule is COCC(C)N(C)CCC(N)=S. The Balaban J connectivity index is 3.55. The van der Waals surface area contributed by atoms with Gasteiger partial charge in [0.2, 0.25) is 0 Å². The van der Waals surface area contributed by atoms with E-state index < -0.39 is 0 Å². The van der Waals surface area contributed by atoms with Crippen molar-refractivity contribution in [2.75, 3.05) is 27.3 Å². The van der Waals surface area contributed by atoms with Crippen molar-refractivity contribution in [2.45, 2.75) is 19.4 Å². The number of hydrogen-bond donors (Lipinski definition) is 1. The maximum Gasteiger partial charge on any atom is 0.0740 e. The van der Waals surface area contributed by atoms with Crippen LogP contribution in [0.2, 0.25) is 0 Å². The van der Waals surface area contributed by atoms with Gasteiger partial charge in [-0.1, -0.05) is 12.2 Å². The highest BCUT2D eigenvalue weighted by molar-refractivity contribution is 7.80. The normalized spacial score (nSPS) is 13.3. The van der Waals surface area contributed by atoms with Crippen molar-refractivity contribution in [3.05, 3.63) is 0 Å². The van der Waals surface area contributed by atoms with Crippen molar-refractivity contribution in [3.8, 4) is 0 Å². The summed E-state index contributed by atoms with van der Waals surface area (Å²) in [6.07, 6.45) is 0.778. The predicted molar refractivity (Wildman–Crippen MR) is 55.4 cm³/mol. The average Bonchev–Trinajstić information content (AvgIpc) is 2.00. The van der Waals surface area contributed by atoms with E-state index in [4.69, 9.17) is 22.7 Å². The molecule has 3 nitrogen and oxygen atoms in total. The first-order valence-electron chi connectivity index (χ1n) is 4.05. The highest BCUT2D eigenvalue weighted by atomic mass is 32.1. The minimum atomic E-state index is 0.421. The number of nitrogens with two attached hydrogens (primary N) is 1. The molecule has 1 atom stereocenters. The van der Waals surface area contributed by atoms with Crippen LogP contribution in [0, 0.1) is 0 Å². The summed E-state index contributed by atoms with van der Waals surface area (Å²) in [5, 5.41) is 0. The molecule has 0 aliphatic rings. The molecule has 0 amide bonds. The van der Waals surface area contributed by atoms with Crippen LogP contribution in [-0.4, -0.2) is 43.2 Å². The van der Waals surface area contributed by atoms with Crippen molar-refractivity contribution < 1.29 is 4.74 Å². The van der Waals surface area contributed by atoms with Gasteiger partial charge in [-0.3, -0.25) is 0 Å². The van der Waals surface area contributed by atoms with Gasteiger partial charge in [-0.15, -0.1) is 0 Å². The number of rotatable bonds is 6. The molecule has 0 radical (unpaired) electrons. The van der Waals surface area contributed by atoms with E-state index in [0.717, 1.165) is 19.6 Å². The fourth-order valence-corrected chi connectivity index (χ4v) is 0.967. The molecule has 0 rings (SSSR count). The number of thiocarbonyl (C=S) groups is 1. The monoisotopic (exact) mass is 190 g/mol. The third-order valence-corrected chi connectivity index (χ3v) is 2.08. The second-order valence-electron chi connectivity index (χ2n) is 3.00. The van der Waals surface area contributed by atoms with E-state index >= 15 is 0 Å². The molecule has 0 aromatic rings. The molecule has 0 heterocycles. The van der Waals surface area contributed by atoms with Crippen LogP contribution in [-0.2, 0) is 4.74 Å². The fraction of sp³-hybridized carbons (Fsp3) is 0.875. The highest BCUT2D eigenvalue weighted by Gasteiger charge is 2.07. The second kappa shape index (κ2) is 6.34. The molecule has 0 aromatic carbocycles. The lowest BCUT2D eigenvalue weighted by Gasteiger charge is -2.23. The van der Waals surface area contributed by atoms with Crippen LogP contribution < -0.4 is 5.73 Å². The Morgan fingerprint density at radius 2 is 2.25 bits per heavy atom. The van der Waals surface area contributed by atoms with Crippen molar-refractivity contribution in [3.63, 3.8) is 0 Å². The Kier molecular flexibility index (Phi) is 6.24. The van der Waals surface area contributed by atoms with Crippen LogP contribution in [0.5, 0.6) is 0 Å². The molecular formula is C8H18N2OS. The molecule has 4 heteroatoms. The molecule has 1 unspecified atom stereocenters. The predicted octanol–water partition coefficient (Wildman–Crippen LogP) is 0.629. The smallest absolute Gasteiger partial charge is 0.0740 e. The molecule has 0 fully saturated rings. The van der Waals surface area contributed by atoms with Crippen LogP contribution in [0.4, 0.5) is 0 Å². The number of likely N-dealkylation sites (N-methyl/N-ethyl adjacent to an activating group) is 1. The second-order valence-corrected chi connectivity index (χ2v) is 3.53. The van der Waals surface area contributed by atoms with Gasteiger partial charge in [-0.25, -0.2) is 0 Å². The summed E-state index contributed by atoms with van der Waals surface area (Å²) in [5.74, 6) is 0. The molecule has 12 heavy (non-hydrogen) atoms. The van der Waals surface area contributed by atoms with Gasteiger partial charge in [0.25, 0.3) is 0 Å². The Hall–Kier alpha value is -0.190. The molecule has 0 saturated carbocycles. The summed E-state index contributed by atoms with van der Waals surface area (Å²) in [6.45, 7) is 3.76.